The van der Waals surface area contributed by atoms with E-state index >= 15 is 0 Å². The summed E-state index contributed by atoms with van der Waals surface area (Å²) < 4.78 is 79.6. The first-order valence-corrected chi connectivity index (χ1v) is 13.7. The van der Waals surface area contributed by atoms with Crippen molar-refractivity contribution in [1.29, 1.82) is 0 Å². The molecule has 0 amide bonds. The fourth-order valence-corrected chi connectivity index (χ4v) is 6.79. The average molecular weight is 581 g/mol. The highest BCUT2D eigenvalue weighted by molar-refractivity contribution is 7.93. The third-order valence-electron chi connectivity index (χ3n) is 4.91. The van der Waals surface area contributed by atoms with Gasteiger partial charge in [-0.3, -0.25) is 13.4 Å². The van der Waals surface area contributed by atoms with Gasteiger partial charge in [-0.05, 0) is 48.5 Å². The van der Waals surface area contributed by atoms with Crippen LogP contribution in [0.2, 0.25) is 10.0 Å². The van der Waals surface area contributed by atoms with E-state index in [2.05, 4.69) is 10.2 Å². The van der Waals surface area contributed by atoms with Crippen LogP contribution in [-0.4, -0.2) is 39.3 Å². The monoisotopic (exact) mass is 580 g/mol. The van der Waals surface area contributed by atoms with Gasteiger partial charge in [0.1, 0.15) is 6.29 Å². The van der Waals surface area contributed by atoms with Crippen molar-refractivity contribution in [2.45, 2.75) is 11.1 Å². The van der Waals surface area contributed by atoms with Crippen molar-refractivity contribution in [2.24, 2.45) is 0 Å². The number of hydrogen-bond acceptors (Lipinski definition) is 5. The third-order valence-corrected chi connectivity index (χ3v) is 7.95. The first kappa shape index (κ1) is 26.4. The minimum Gasteiger partial charge on any atom is -0.323 e. The van der Waals surface area contributed by atoms with E-state index in [4.69, 9.17) is 23.2 Å². The second-order valence-electron chi connectivity index (χ2n) is 7.49. The summed E-state index contributed by atoms with van der Waals surface area (Å²) in [5.41, 5.74) is -0.786. The predicted octanol–water partition coefficient (Wildman–Crippen LogP) is 5.08. The first-order chi connectivity index (χ1) is 16.6. The Morgan fingerprint density at radius 1 is 1.03 bits per heavy atom. The van der Waals surface area contributed by atoms with Gasteiger partial charge in [0.25, 0.3) is 10.0 Å². The van der Waals surface area contributed by atoms with Crippen LogP contribution in [0.25, 0.3) is 16.7 Å². The number of anilines is 1. The van der Waals surface area contributed by atoms with Crippen LogP contribution in [0.4, 0.5) is 18.9 Å². The lowest BCUT2D eigenvalue weighted by Gasteiger charge is -2.25. The van der Waals surface area contributed by atoms with Gasteiger partial charge in [-0.15, -0.1) is 5.10 Å². The fourth-order valence-electron chi connectivity index (χ4n) is 3.38. The molecule has 0 radical (unpaired) electrons. The van der Waals surface area contributed by atoms with Gasteiger partial charge in [0, 0.05) is 21.6 Å². The van der Waals surface area contributed by atoms with E-state index in [0.29, 0.717) is 21.4 Å². The van der Waals surface area contributed by atoms with Crippen molar-refractivity contribution in [2.75, 3.05) is 10.6 Å². The summed E-state index contributed by atoms with van der Waals surface area (Å²) in [6, 6.07) is 9.66. The molecule has 4 rings (SSSR count). The van der Waals surface area contributed by atoms with E-state index in [1.54, 1.807) is 0 Å². The molecule has 9 nitrogen and oxygen atoms in total. The largest absolute Gasteiger partial charge is 0.418 e. The lowest BCUT2D eigenvalue weighted by atomic mass is 10.2. The molecule has 4 aromatic rings. The Morgan fingerprint density at radius 3 is 2.31 bits per heavy atom. The topological polar surface area (TPSA) is 126 Å². The molecule has 0 aliphatic rings. The molecule has 36 heavy (non-hydrogen) atoms. The van der Waals surface area contributed by atoms with Gasteiger partial charge in [0.2, 0.25) is 0 Å². The number of nitrogens with zero attached hydrogens (tertiary/aromatic N) is 4. The van der Waals surface area contributed by atoms with Crippen LogP contribution in [-0.2, 0) is 20.8 Å². The number of sulfonamides is 1. The lowest BCUT2D eigenvalue weighted by molar-refractivity contribution is -0.137. The summed E-state index contributed by atoms with van der Waals surface area (Å²) >= 11 is 11.8. The minimum absolute atomic E-state index is 0.00747. The maximum atomic E-state index is 13.3. The Hall–Kier alpha value is -2.67. The summed E-state index contributed by atoms with van der Waals surface area (Å²) in [6.07, 6.45) is -3.84. The van der Waals surface area contributed by atoms with E-state index in [9.17, 15) is 35.9 Å². The molecule has 2 N–H and O–H groups in total. The van der Waals surface area contributed by atoms with Crippen LogP contribution in [0.15, 0.2) is 65.8 Å². The molecule has 2 aromatic carbocycles. The molecule has 0 bridgehead atoms. The second-order valence-corrected chi connectivity index (χ2v) is 11.8. The quantitative estimate of drug-likeness (QED) is 0.305. The zero-order valence-corrected chi connectivity index (χ0v) is 20.9. The van der Waals surface area contributed by atoms with E-state index in [1.807, 2.05) is 0 Å². The maximum Gasteiger partial charge on any atom is 0.418 e. The number of alkyl halides is 3. The van der Waals surface area contributed by atoms with E-state index in [-0.39, 0.29) is 21.6 Å². The number of hydrogen-bond donors (Lipinski definition) is 2. The SMILES string of the molecule is O=P(O)(O)CN(c1ccc2c(ccn2-c2cc(C(F)(F)F)cnn2)c1)S(=O)(=O)c1cc(Cl)cc(Cl)c1. The molecule has 0 fully saturated rings. The van der Waals surface area contributed by atoms with E-state index in [1.165, 1.54) is 41.1 Å². The van der Waals surface area contributed by atoms with Crippen molar-refractivity contribution in [3.63, 3.8) is 0 Å². The Morgan fingerprint density at radius 2 is 1.69 bits per heavy atom. The smallest absolute Gasteiger partial charge is 0.323 e. The van der Waals surface area contributed by atoms with Crippen LogP contribution in [0.3, 0.4) is 0 Å². The van der Waals surface area contributed by atoms with Crippen LogP contribution in [0.1, 0.15) is 5.56 Å². The Balaban J connectivity index is 1.82. The fraction of sp³-hybridized carbons (Fsp3) is 0.100. The molecular formula is C20H14Cl2F3N4O5PS. The van der Waals surface area contributed by atoms with Crippen LogP contribution < -0.4 is 4.31 Å². The van der Waals surface area contributed by atoms with Crippen LogP contribution in [0, 0.1) is 0 Å². The number of rotatable bonds is 6. The minimum atomic E-state index is -4.90. The van der Waals surface area contributed by atoms with Gasteiger partial charge in [-0.2, -0.15) is 18.3 Å². The Kier molecular flexibility index (Phi) is 6.84. The predicted molar refractivity (Wildman–Crippen MR) is 127 cm³/mol. The van der Waals surface area contributed by atoms with Gasteiger partial charge < -0.3 is 9.79 Å². The van der Waals surface area contributed by atoms with Gasteiger partial charge >= 0.3 is 13.8 Å². The molecule has 16 heteroatoms. The van der Waals surface area contributed by atoms with Gasteiger partial charge in [0.05, 0.1) is 27.9 Å². The zero-order chi connectivity index (χ0) is 26.5. The van der Waals surface area contributed by atoms with Crippen molar-refractivity contribution >= 4 is 57.4 Å². The molecular weight excluding hydrogens is 567 g/mol. The summed E-state index contributed by atoms with van der Waals surface area (Å²) in [5.74, 6) is -0.138. The van der Waals surface area contributed by atoms with Crippen LogP contribution in [0.5, 0.6) is 0 Å². The van der Waals surface area contributed by atoms with Crippen molar-refractivity contribution in [3.8, 4) is 5.82 Å². The zero-order valence-electron chi connectivity index (χ0n) is 17.6. The molecule has 0 aliphatic heterocycles. The highest BCUT2D eigenvalue weighted by Crippen LogP contribution is 2.41. The number of benzene rings is 2. The maximum absolute atomic E-state index is 13.3. The normalized spacial score (nSPS) is 12.8. The van der Waals surface area contributed by atoms with Crippen molar-refractivity contribution in [3.05, 3.63) is 76.5 Å². The molecule has 0 aliphatic carbocycles. The van der Waals surface area contributed by atoms with Gasteiger partial charge in [-0.1, -0.05) is 23.2 Å². The molecule has 0 spiro atoms. The van der Waals surface area contributed by atoms with E-state index < -0.39 is 40.5 Å². The highest BCUT2D eigenvalue weighted by Gasteiger charge is 2.33. The highest BCUT2D eigenvalue weighted by atomic mass is 35.5. The van der Waals surface area contributed by atoms with Crippen LogP contribution >= 0.6 is 30.8 Å². The lowest BCUT2D eigenvalue weighted by Crippen LogP contribution is -2.32. The van der Waals surface area contributed by atoms with Gasteiger partial charge in [-0.25, -0.2) is 8.42 Å². The summed E-state index contributed by atoms with van der Waals surface area (Å²) in [6.45, 7) is 0. The molecule has 0 saturated carbocycles. The van der Waals surface area contributed by atoms with Crippen molar-refractivity contribution in [1.82, 2.24) is 14.8 Å². The summed E-state index contributed by atoms with van der Waals surface area (Å²) in [5, 5.41) is 7.45. The Bertz CT molecular complexity index is 1610. The Labute approximate surface area is 211 Å². The third kappa shape index (κ3) is 5.51. The van der Waals surface area contributed by atoms with Crippen molar-refractivity contribution < 1.29 is 35.9 Å². The average Bonchev–Trinajstić information content (AvgIpc) is 3.19. The molecule has 2 aromatic heterocycles. The van der Waals surface area contributed by atoms with Gasteiger partial charge in [0.15, 0.2) is 5.82 Å². The molecule has 0 saturated heterocycles. The standard InChI is InChI=1S/C20H14Cl2F3N4O5PS/c21-14-7-15(22)9-17(8-14)36(33,34)29(11-35(30,31)32)16-1-2-18-12(5-16)3-4-28(18)19-6-13(10-26-27-19)20(23,24)25/h1-10H,11H2,(H2,30,31,32). The second kappa shape index (κ2) is 9.33. The number of aromatic nitrogens is 3. The summed E-state index contributed by atoms with van der Waals surface area (Å²) in [4.78, 5) is 18.7. The number of halogens is 5. The summed E-state index contributed by atoms with van der Waals surface area (Å²) in [7, 11) is -9.45. The molecule has 2 heterocycles. The molecule has 0 atom stereocenters. The molecule has 0 unspecified atom stereocenters. The number of fused-ring (bicyclic) bond motifs is 1. The first-order valence-electron chi connectivity index (χ1n) is 9.70. The van der Waals surface area contributed by atoms with E-state index in [0.717, 1.165) is 18.2 Å². The molecule has 190 valence electrons.